The predicted octanol–water partition coefficient (Wildman–Crippen LogP) is 4.79. The fourth-order valence-electron chi connectivity index (χ4n) is 2.86. The van der Waals surface area contributed by atoms with Gasteiger partial charge in [0.2, 0.25) is 0 Å². The normalized spacial score (nSPS) is 21.6. The van der Waals surface area contributed by atoms with Crippen molar-refractivity contribution < 1.29 is 0 Å². The van der Waals surface area contributed by atoms with Crippen LogP contribution < -0.4 is 0 Å². The van der Waals surface area contributed by atoms with E-state index in [9.17, 15) is 0 Å². The Morgan fingerprint density at radius 1 is 1.16 bits per heavy atom. The minimum absolute atomic E-state index is 0.564. The SMILES string of the molecule is CC(C)c1ccc(CN2CCCCCC2CCl)cc1. The Morgan fingerprint density at radius 3 is 2.53 bits per heavy atom. The molecule has 0 aliphatic carbocycles. The molecule has 1 heterocycles. The quantitative estimate of drug-likeness (QED) is 0.716. The highest BCUT2D eigenvalue weighted by Gasteiger charge is 2.20. The molecule has 1 unspecified atom stereocenters. The molecule has 2 rings (SSSR count). The highest BCUT2D eigenvalue weighted by atomic mass is 35.5. The second-order valence-corrected chi connectivity index (χ2v) is 6.33. The number of hydrogen-bond donors (Lipinski definition) is 0. The van der Waals surface area contributed by atoms with Crippen molar-refractivity contribution in [1.29, 1.82) is 0 Å². The molecule has 1 fully saturated rings. The van der Waals surface area contributed by atoms with E-state index in [1.165, 1.54) is 43.4 Å². The molecule has 0 bridgehead atoms. The average molecular weight is 280 g/mol. The van der Waals surface area contributed by atoms with Gasteiger partial charge in [0.25, 0.3) is 0 Å². The number of nitrogens with zero attached hydrogens (tertiary/aromatic N) is 1. The first kappa shape index (κ1) is 14.9. The molecule has 1 saturated heterocycles. The van der Waals surface area contributed by atoms with E-state index in [0.717, 1.165) is 12.4 Å². The van der Waals surface area contributed by atoms with Crippen LogP contribution in [0, 0.1) is 0 Å². The van der Waals surface area contributed by atoms with E-state index in [-0.39, 0.29) is 0 Å². The van der Waals surface area contributed by atoms with Gasteiger partial charge in [-0.15, -0.1) is 11.6 Å². The van der Waals surface area contributed by atoms with Crippen LogP contribution in [-0.2, 0) is 6.54 Å². The second-order valence-electron chi connectivity index (χ2n) is 6.02. The van der Waals surface area contributed by atoms with E-state index >= 15 is 0 Å². The van der Waals surface area contributed by atoms with E-state index < -0.39 is 0 Å². The van der Waals surface area contributed by atoms with E-state index in [2.05, 4.69) is 43.0 Å². The van der Waals surface area contributed by atoms with Gasteiger partial charge in [0.05, 0.1) is 0 Å². The van der Waals surface area contributed by atoms with Gasteiger partial charge in [-0.2, -0.15) is 0 Å². The molecular formula is C17H26ClN. The summed E-state index contributed by atoms with van der Waals surface area (Å²) >= 11 is 6.14. The molecule has 0 spiro atoms. The zero-order valence-corrected chi connectivity index (χ0v) is 13.0. The van der Waals surface area contributed by atoms with Crippen molar-refractivity contribution in [2.75, 3.05) is 12.4 Å². The Morgan fingerprint density at radius 2 is 1.89 bits per heavy atom. The third-order valence-corrected chi connectivity index (χ3v) is 4.57. The lowest BCUT2D eigenvalue weighted by Crippen LogP contribution is -2.35. The molecule has 1 aromatic rings. The largest absolute Gasteiger partial charge is 0.295 e. The molecule has 19 heavy (non-hydrogen) atoms. The van der Waals surface area contributed by atoms with Gasteiger partial charge in [-0.1, -0.05) is 51.0 Å². The van der Waals surface area contributed by atoms with Crippen LogP contribution in [0.2, 0.25) is 0 Å². The molecule has 2 heteroatoms. The maximum Gasteiger partial charge on any atom is 0.0379 e. The molecule has 0 amide bonds. The third-order valence-electron chi connectivity index (χ3n) is 4.21. The lowest BCUT2D eigenvalue weighted by molar-refractivity contribution is 0.207. The summed E-state index contributed by atoms with van der Waals surface area (Å²) < 4.78 is 0. The van der Waals surface area contributed by atoms with Gasteiger partial charge in [0, 0.05) is 18.5 Å². The van der Waals surface area contributed by atoms with Gasteiger partial charge in [-0.05, 0) is 36.4 Å². The van der Waals surface area contributed by atoms with Crippen LogP contribution >= 0.6 is 11.6 Å². The van der Waals surface area contributed by atoms with Crippen LogP contribution in [0.15, 0.2) is 24.3 Å². The van der Waals surface area contributed by atoms with Crippen LogP contribution in [-0.4, -0.2) is 23.4 Å². The monoisotopic (exact) mass is 279 g/mol. The smallest absolute Gasteiger partial charge is 0.0379 e. The van der Waals surface area contributed by atoms with Crippen LogP contribution in [0.3, 0.4) is 0 Å². The second kappa shape index (κ2) is 7.31. The Labute approximate surface area is 123 Å². The van der Waals surface area contributed by atoms with Crippen molar-refractivity contribution in [2.45, 2.75) is 58.0 Å². The molecule has 1 atom stereocenters. The molecule has 0 N–H and O–H groups in total. The number of hydrogen-bond acceptors (Lipinski definition) is 1. The summed E-state index contributed by atoms with van der Waals surface area (Å²) in [5.74, 6) is 1.38. The Balaban J connectivity index is 2.01. The Kier molecular flexibility index (Phi) is 5.72. The summed E-state index contributed by atoms with van der Waals surface area (Å²) in [5.41, 5.74) is 2.84. The molecule has 1 nitrogen and oxygen atoms in total. The van der Waals surface area contributed by atoms with Gasteiger partial charge in [0.1, 0.15) is 0 Å². The number of likely N-dealkylation sites (tertiary alicyclic amines) is 1. The molecule has 1 aliphatic rings. The molecule has 1 aliphatic heterocycles. The predicted molar refractivity (Wildman–Crippen MR) is 83.9 cm³/mol. The molecule has 106 valence electrons. The van der Waals surface area contributed by atoms with Crippen molar-refractivity contribution in [3.8, 4) is 0 Å². The van der Waals surface area contributed by atoms with Crippen LogP contribution in [0.5, 0.6) is 0 Å². The first-order valence-electron chi connectivity index (χ1n) is 7.59. The number of alkyl halides is 1. The fraction of sp³-hybridized carbons (Fsp3) is 0.647. The molecule has 1 aromatic carbocycles. The van der Waals surface area contributed by atoms with E-state index in [1.807, 2.05) is 0 Å². The van der Waals surface area contributed by atoms with Gasteiger partial charge >= 0.3 is 0 Å². The number of rotatable bonds is 4. The topological polar surface area (TPSA) is 3.24 Å². The first-order valence-corrected chi connectivity index (χ1v) is 8.13. The van der Waals surface area contributed by atoms with Gasteiger partial charge in [-0.25, -0.2) is 0 Å². The summed E-state index contributed by atoms with van der Waals surface area (Å²) in [6.07, 6.45) is 5.27. The molecule has 0 aromatic heterocycles. The van der Waals surface area contributed by atoms with Gasteiger partial charge < -0.3 is 0 Å². The van der Waals surface area contributed by atoms with Crippen LogP contribution in [0.4, 0.5) is 0 Å². The molecule has 0 saturated carbocycles. The standard InChI is InChI=1S/C17H26ClN/c1-14(2)16-9-7-15(8-10-16)13-19-11-5-3-4-6-17(19)12-18/h7-10,14,17H,3-6,11-13H2,1-2H3. The highest BCUT2D eigenvalue weighted by molar-refractivity contribution is 6.18. The van der Waals surface area contributed by atoms with Crippen molar-refractivity contribution >= 4 is 11.6 Å². The van der Waals surface area contributed by atoms with E-state index in [0.29, 0.717) is 12.0 Å². The van der Waals surface area contributed by atoms with Crippen LogP contribution in [0.25, 0.3) is 0 Å². The zero-order chi connectivity index (χ0) is 13.7. The van der Waals surface area contributed by atoms with Crippen LogP contribution in [0.1, 0.15) is 56.6 Å². The Bertz CT molecular complexity index is 371. The summed E-state index contributed by atoms with van der Waals surface area (Å²) in [6.45, 7) is 6.74. The summed E-state index contributed by atoms with van der Waals surface area (Å²) in [5, 5.41) is 0. The van der Waals surface area contributed by atoms with Crippen molar-refractivity contribution in [1.82, 2.24) is 4.90 Å². The minimum Gasteiger partial charge on any atom is -0.295 e. The lowest BCUT2D eigenvalue weighted by Gasteiger charge is -2.28. The van der Waals surface area contributed by atoms with E-state index in [4.69, 9.17) is 11.6 Å². The average Bonchev–Trinajstić information content (AvgIpc) is 2.64. The third kappa shape index (κ3) is 4.22. The summed E-state index contributed by atoms with van der Waals surface area (Å²) in [7, 11) is 0. The molecule has 0 radical (unpaired) electrons. The fourth-order valence-corrected chi connectivity index (χ4v) is 3.21. The first-order chi connectivity index (χ1) is 9.20. The summed E-state index contributed by atoms with van der Waals surface area (Å²) in [4.78, 5) is 2.57. The van der Waals surface area contributed by atoms with Gasteiger partial charge in [-0.3, -0.25) is 4.90 Å². The van der Waals surface area contributed by atoms with Crippen molar-refractivity contribution in [3.63, 3.8) is 0 Å². The zero-order valence-electron chi connectivity index (χ0n) is 12.2. The maximum atomic E-state index is 6.14. The lowest BCUT2D eigenvalue weighted by atomic mass is 10.0. The Hall–Kier alpha value is -0.530. The molecular weight excluding hydrogens is 254 g/mol. The number of halogens is 1. The minimum atomic E-state index is 0.564. The number of benzene rings is 1. The van der Waals surface area contributed by atoms with E-state index in [1.54, 1.807) is 0 Å². The van der Waals surface area contributed by atoms with Gasteiger partial charge in [0.15, 0.2) is 0 Å². The summed E-state index contributed by atoms with van der Waals surface area (Å²) in [6, 6.07) is 9.67. The van der Waals surface area contributed by atoms with Crippen molar-refractivity contribution in [2.24, 2.45) is 0 Å². The highest BCUT2D eigenvalue weighted by Crippen LogP contribution is 2.21. The van der Waals surface area contributed by atoms with Crippen molar-refractivity contribution in [3.05, 3.63) is 35.4 Å². The maximum absolute atomic E-state index is 6.14.